The molecule has 4 heteroatoms. The standard InChI is InChI=1S/C11H16FNOS/c1-13(2)5-6-15-11-4-3-9(8-14)7-10(11)12/h3-4,7,14H,5-6,8H2,1-2H3. The largest absolute Gasteiger partial charge is 0.392 e. The SMILES string of the molecule is CN(C)CCSc1ccc(CO)cc1F. The molecule has 1 aromatic carbocycles. The molecule has 0 saturated heterocycles. The molecule has 1 rings (SSSR count). The Balaban J connectivity index is 2.54. The molecule has 0 aromatic heterocycles. The van der Waals surface area contributed by atoms with Gasteiger partial charge in [0.2, 0.25) is 0 Å². The molecule has 1 N–H and O–H groups in total. The lowest BCUT2D eigenvalue weighted by Gasteiger charge is -2.09. The fraction of sp³-hybridized carbons (Fsp3) is 0.455. The molecular weight excluding hydrogens is 213 g/mol. The smallest absolute Gasteiger partial charge is 0.137 e. The molecule has 2 nitrogen and oxygen atoms in total. The first-order valence-corrected chi connectivity index (χ1v) is 5.79. The molecule has 0 atom stereocenters. The molecule has 0 aliphatic rings. The van der Waals surface area contributed by atoms with Crippen LogP contribution in [0.1, 0.15) is 5.56 Å². The lowest BCUT2D eigenvalue weighted by atomic mass is 10.2. The lowest BCUT2D eigenvalue weighted by molar-refractivity contribution is 0.281. The van der Waals surface area contributed by atoms with E-state index >= 15 is 0 Å². The number of hydrogen-bond acceptors (Lipinski definition) is 3. The maximum absolute atomic E-state index is 13.4. The number of aliphatic hydroxyl groups is 1. The normalized spacial score (nSPS) is 11.0. The average molecular weight is 229 g/mol. The Bertz CT molecular complexity index is 317. The molecule has 1 aromatic rings. The Kier molecular flexibility index (Phi) is 5.08. The molecule has 0 amide bonds. The quantitative estimate of drug-likeness (QED) is 0.781. The van der Waals surface area contributed by atoms with Gasteiger partial charge < -0.3 is 10.0 Å². The van der Waals surface area contributed by atoms with Gasteiger partial charge >= 0.3 is 0 Å². The van der Waals surface area contributed by atoms with Crippen molar-refractivity contribution >= 4 is 11.8 Å². The summed E-state index contributed by atoms with van der Waals surface area (Å²) in [6.45, 7) is 0.811. The van der Waals surface area contributed by atoms with Crippen molar-refractivity contribution in [3.05, 3.63) is 29.6 Å². The van der Waals surface area contributed by atoms with Crippen molar-refractivity contribution in [1.82, 2.24) is 4.90 Å². The summed E-state index contributed by atoms with van der Waals surface area (Å²) in [6, 6.07) is 4.86. The molecule has 0 fully saturated rings. The van der Waals surface area contributed by atoms with Crippen LogP contribution in [0.15, 0.2) is 23.1 Å². The van der Waals surface area contributed by atoms with Crippen molar-refractivity contribution < 1.29 is 9.50 Å². The summed E-state index contributed by atoms with van der Waals surface area (Å²) in [5.41, 5.74) is 0.615. The second kappa shape index (κ2) is 6.10. The van der Waals surface area contributed by atoms with Crippen LogP contribution in [-0.4, -0.2) is 36.4 Å². The van der Waals surface area contributed by atoms with Gasteiger partial charge in [0.1, 0.15) is 5.82 Å². The molecule has 0 radical (unpaired) electrons. The van der Waals surface area contributed by atoms with E-state index in [1.54, 1.807) is 12.1 Å². The third kappa shape index (κ3) is 4.20. The van der Waals surface area contributed by atoms with Crippen LogP contribution in [0, 0.1) is 5.82 Å². The zero-order valence-corrected chi connectivity index (χ0v) is 9.85. The molecule has 0 bridgehead atoms. The third-order valence-corrected chi connectivity index (χ3v) is 3.00. The molecular formula is C11H16FNOS. The summed E-state index contributed by atoms with van der Waals surface area (Å²) >= 11 is 1.50. The third-order valence-electron chi connectivity index (χ3n) is 1.97. The van der Waals surface area contributed by atoms with E-state index in [-0.39, 0.29) is 12.4 Å². The first-order chi connectivity index (χ1) is 7.13. The number of hydrogen-bond donors (Lipinski definition) is 1. The number of aliphatic hydroxyl groups excluding tert-OH is 1. The van der Waals surface area contributed by atoms with E-state index in [2.05, 4.69) is 4.90 Å². The molecule has 0 spiro atoms. The Morgan fingerprint density at radius 2 is 2.13 bits per heavy atom. The van der Waals surface area contributed by atoms with Crippen LogP contribution >= 0.6 is 11.8 Å². The fourth-order valence-electron chi connectivity index (χ4n) is 1.10. The van der Waals surface area contributed by atoms with Crippen LogP contribution in [0.4, 0.5) is 4.39 Å². The van der Waals surface area contributed by atoms with E-state index in [1.807, 2.05) is 14.1 Å². The minimum atomic E-state index is -0.245. The Morgan fingerprint density at radius 1 is 1.40 bits per heavy atom. The maximum Gasteiger partial charge on any atom is 0.137 e. The number of benzene rings is 1. The zero-order valence-electron chi connectivity index (χ0n) is 9.03. The van der Waals surface area contributed by atoms with Crippen LogP contribution in [0.2, 0.25) is 0 Å². The van der Waals surface area contributed by atoms with Gasteiger partial charge in [-0.1, -0.05) is 6.07 Å². The average Bonchev–Trinajstić information content (AvgIpc) is 2.20. The van der Waals surface area contributed by atoms with Gasteiger partial charge in [-0.3, -0.25) is 0 Å². The summed E-state index contributed by atoms with van der Waals surface area (Å²) < 4.78 is 13.4. The van der Waals surface area contributed by atoms with Crippen molar-refractivity contribution in [3.8, 4) is 0 Å². The van der Waals surface area contributed by atoms with Gasteiger partial charge in [-0.2, -0.15) is 0 Å². The van der Waals surface area contributed by atoms with Crippen LogP contribution in [0.3, 0.4) is 0 Å². The second-order valence-electron chi connectivity index (χ2n) is 3.57. The second-order valence-corrected chi connectivity index (χ2v) is 4.71. The first kappa shape index (κ1) is 12.5. The highest BCUT2D eigenvalue weighted by atomic mass is 32.2. The molecule has 0 aliphatic heterocycles. The van der Waals surface area contributed by atoms with Crippen molar-refractivity contribution in [1.29, 1.82) is 0 Å². The zero-order chi connectivity index (χ0) is 11.3. The molecule has 15 heavy (non-hydrogen) atoms. The molecule has 0 saturated carbocycles. The van der Waals surface area contributed by atoms with Crippen molar-refractivity contribution in [3.63, 3.8) is 0 Å². The van der Waals surface area contributed by atoms with E-state index in [0.717, 1.165) is 12.3 Å². The molecule has 84 valence electrons. The van der Waals surface area contributed by atoms with E-state index in [0.29, 0.717) is 10.5 Å². The van der Waals surface area contributed by atoms with Gasteiger partial charge in [0.15, 0.2) is 0 Å². The number of thioether (sulfide) groups is 1. The Morgan fingerprint density at radius 3 is 2.67 bits per heavy atom. The monoisotopic (exact) mass is 229 g/mol. The minimum Gasteiger partial charge on any atom is -0.392 e. The van der Waals surface area contributed by atoms with Gasteiger partial charge in [-0.15, -0.1) is 11.8 Å². The van der Waals surface area contributed by atoms with E-state index in [1.165, 1.54) is 17.8 Å². The predicted octanol–water partition coefficient (Wildman–Crippen LogP) is 1.97. The highest BCUT2D eigenvalue weighted by Gasteiger charge is 2.03. The summed E-state index contributed by atoms with van der Waals surface area (Å²) in [5, 5.41) is 8.82. The predicted molar refractivity (Wildman–Crippen MR) is 61.6 cm³/mol. The van der Waals surface area contributed by atoms with E-state index < -0.39 is 0 Å². The van der Waals surface area contributed by atoms with Crippen LogP contribution in [0.5, 0.6) is 0 Å². The van der Waals surface area contributed by atoms with Gasteiger partial charge in [-0.05, 0) is 31.8 Å². The topological polar surface area (TPSA) is 23.5 Å². The number of nitrogens with zero attached hydrogens (tertiary/aromatic N) is 1. The van der Waals surface area contributed by atoms with Crippen LogP contribution < -0.4 is 0 Å². The van der Waals surface area contributed by atoms with Gasteiger partial charge in [0.25, 0.3) is 0 Å². The summed E-state index contributed by atoms with van der Waals surface area (Å²) in [7, 11) is 3.98. The first-order valence-electron chi connectivity index (χ1n) is 4.80. The lowest BCUT2D eigenvalue weighted by Crippen LogP contribution is -2.14. The minimum absolute atomic E-state index is 0.112. The van der Waals surface area contributed by atoms with Gasteiger partial charge in [0.05, 0.1) is 6.61 Å². The number of rotatable bonds is 5. The van der Waals surface area contributed by atoms with Crippen LogP contribution in [-0.2, 0) is 6.61 Å². The summed E-state index contributed by atoms with van der Waals surface area (Å²) in [6.07, 6.45) is 0. The maximum atomic E-state index is 13.4. The van der Waals surface area contributed by atoms with Crippen molar-refractivity contribution in [2.45, 2.75) is 11.5 Å². The fourth-order valence-corrected chi connectivity index (χ4v) is 2.14. The van der Waals surface area contributed by atoms with E-state index in [4.69, 9.17) is 5.11 Å². The highest BCUT2D eigenvalue weighted by Crippen LogP contribution is 2.22. The number of halogens is 1. The highest BCUT2D eigenvalue weighted by molar-refractivity contribution is 7.99. The van der Waals surface area contributed by atoms with Crippen LogP contribution in [0.25, 0.3) is 0 Å². The molecule has 0 heterocycles. The molecule has 0 unspecified atom stereocenters. The Hall–Kier alpha value is -0.580. The van der Waals surface area contributed by atoms with Crippen molar-refractivity contribution in [2.75, 3.05) is 26.4 Å². The molecule has 0 aliphatic carbocycles. The summed E-state index contributed by atoms with van der Waals surface area (Å²) in [4.78, 5) is 2.71. The van der Waals surface area contributed by atoms with Gasteiger partial charge in [-0.25, -0.2) is 4.39 Å². The van der Waals surface area contributed by atoms with Gasteiger partial charge in [0, 0.05) is 17.2 Å². The van der Waals surface area contributed by atoms with E-state index in [9.17, 15) is 4.39 Å². The Labute approximate surface area is 94.1 Å². The summed E-state index contributed by atoms with van der Waals surface area (Å²) in [5.74, 6) is 0.618. The van der Waals surface area contributed by atoms with Crippen molar-refractivity contribution in [2.24, 2.45) is 0 Å².